The van der Waals surface area contributed by atoms with E-state index in [4.69, 9.17) is 9.47 Å². The van der Waals surface area contributed by atoms with E-state index in [1.165, 1.54) is 16.1 Å². The summed E-state index contributed by atoms with van der Waals surface area (Å²) >= 11 is 0. The Balaban J connectivity index is 1.61. The van der Waals surface area contributed by atoms with Gasteiger partial charge in [0.05, 0.1) is 12.8 Å². The Bertz CT molecular complexity index is 945. The first-order valence-electron chi connectivity index (χ1n) is 10.6. The summed E-state index contributed by atoms with van der Waals surface area (Å²) in [6.07, 6.45) is 5.32. The third-order valence-electron chi connectivity index (χ3n) is 5.39. The molecule has 2 aromatic rings. The molecule has 1 amide bonds. The number of aliphatic imine (C=N–C) groups is 1. The molecular formula is C25H31N3O3. The van der Waals surface area contributed by atoms with Gasteiger partial charge in [0.1, 0.15) is 5.75 Å². The van der Waals surface area contributed by atoms with Gasteiger partial charge in [-0.1, -0.05) is 42.0 Å². The second-order valence-corrected chi connectivity index (χ2v) is 7.90. The molecule has 1 atom stereocenters. The Morgan fingerprint density at radius 1 is 1.26 bits per heavy atom. The van der Waals surface area contributed by atoms with Gasteiger partial charge in [0, 0.05) is 44.8 Å². The predicted molar refractivity (Wildman–Crippen MR) is 125 cm³/mol. The van der Waals surface area contributed by atoms with Crippen molar-refractivity contribution < 1.29 is 14.3 Å². The highest BCUT2D eigenvalue weighted by Crippen LogP contribution is 2.35. The van der Waals surface area contributed by atoms with Crippen LogP contribution < -0.4 is 4.74 Å². The molecule has 31 heavy (non-hydrogen) atoms. The van der Waals surface area contributed by atoms with Crippen LogP contribution in [0.4, 0.5) is 0 Å². The quantitative estimate of drug-likeness (QED) is 0.479. The molecule has 0 radical (unpaired) electrons. The van der Waals surface area contributed by atoms with Gasteiger partial charge in [0.2, 0.25) is 0 Å². The molecule has 3 rings (SSSR count). The van der Waals surface area contributed by atoms with Crippen molar-refractivity contribution in [2.24, 2.45) is 10.1 Å². The maximum atomic E-state index is 12.6. The number of nitrogens with zero attached hydrogens (tertiary/aromatic N) is 3. The van der Waals surface area contributed by atoms with Crippen LogP contribution in [-0.2, 0) is 16.0 Å². The molecule has 6 heteroatoms. The van der Waals surface area contributed by atoms with Gasteiger partial charge in [-0.2, -0.15) is 5.10 Å². The number of amides is 1. The van der Waals surface area contributed by atoms with Crippen LogP contribution >= 0.6 is 0 Å². The van der Waals surface area contributed by atoms with E-state index >= 15 is 0 Å². The van der Waals surface area contributed by atoms with Crippen molar-refractivity contribution in [2.45, 2.75) is 32.6 Å². The molecule has 0 aromatic heterocycles. The Morgan fingerprint density at radius 2 is 2.03 bits per heavy atom. The molecule has 0 bridgehead atoms. The molecule has 1 unspecified atom stereocenters. The number of ether oxygens (including phenoxy) is 2. The maximum Gasteiger partial charge on any atom is 0.280 e. The van der Waals surface area contributed by atoms with Gasteiger partial charge in [-0.05, 0) is 37.0 Å². The number of carbonyl (C=O) groups is 1. The topological polar surface area (TPSA) is 63.5 Å². The summed E-state index contributed by atoms with van der Waals surface area (Å²) in [7, 11) is 3.41. The fourth-order valence-corrected chi connectivity index (χ4v) is 3.65. The Morgan fingerprint density at radius 3 is 2.71 bits per heavy atom. The van der Waals surface area contributed by atoms with E-state index in [-0.39, 0.29) is 12.5 Å². The first kappa shape index (κ1) is 22.7. The molecule has 0 aliphatic carbocycles. The van der Waals surface area contributed by atoms with Gasteiger partial charge < -0.3 is 14.5 Å². The van der Waals surface area contributed by atoms with Crippen LogP contribution in [0.5, 0.6) is 5.75 Å². The summed E-state index contributed by atoms with van der Waals surface area (Å²) in [6.45, 7) is 5.49. The highest BCUT2D eigenvalue weighted by Gasteiger charge is 2.23. The van der Waals surface area contributed by atoms with E-state index in [9.17, 15) is 4.79 Å². The fraction of sp³-hybridized carbons (Fsp3) is 0.400. The molecule has 1 aliphatic heterocycles. The van der Waals surface area contributed by atoms with E-state index in [2.05, 4.69) is 29.2 Å². The zero-order chi connectivity index (χ0) is 22.2. The van der Waals surface area contributed by atoms with Crippen molar-refractivity contribution in [1.82, 2.24) is 5.01 Å². The lowest BCUT2D eigenvalue weighted by molar-refractivity contribution is -0.132. The number of carbonyl (C=O) groups excluding carboxylic acids is 1. The van der Waals surface area contributed by atoms with Gasteiger partial charge in [0.25, 0.3) is 5.91 Å². The summed E-state index contributed by atoms with van der Waals surface area (Å²) in [5.74, 6) is 0.893. The number of hydrogen-bond acceptors (Lipinski definition) is 5. The Hall–Kier alpha value is -2.99. The zero-order valence-corrected chi connectivity index (χ0v) is 18.8. The van der Waals surface area contributed by atoms with Gasteiger partial charge >= 0.3 is 0 Å². The minimum atomic E-state index is -0.208. The van der Waals surface area contributed by atoms with E-state index < -0.39 is 0 Å². The van der Waals surface area contributed by atoms with E-state index in [0.29, 0.717) is 12.5 Å². The molecule has 0 N–H and O–H groups in total. The smallest absolute Gasteiger partial charge is 0.280 e. The average Bonchev–Trinajstić information content (AvgIpc) is 3.30. The lowest BCUT2D eigenvalue weighted by atomic mass is 9.93. The molecular weight excluding hydrogens is 390 g/mol. The summed E-state index contributed by atoms with van der Waals surface area (Å²) in [5, 5.41) is 5.59. The van der Waals surface area contributed by atoms with Crippen LogP contribution in [0.25, 0.3) is 0 Å². The molecule has 1 aliphatic rings. The normalized spacial score (nSPS) is 16.3. The van der Waals surface area contributed by atoms with Crippen molar-refractivity contribution in [3.63, 3.8) is 0 Å². The molecule has 1 fully saturated rings. The summed E-state index contributed by atoms with van der Waals surface area (Å²) in [5.41, 5.74) is 5.46. The number of hydrazone groups is 1. The van der Waals surface area contributed by atoms with Crippen molar-refractivity contribution in [1.29, 1.82) is 0 Å². The molecule has 2 aromatic carbocycles. The monoisotopic (exact) mass is 421 g/mol. The minimum absolute atomic E-state index is 0.0619. The third-order valence-corrected chi connectivity index (χ3v) is 5.39. The fourth-order valence-electron chi connectivity index (χ4n) is 3.65. The standard InChI is InChI=1S/C25H31N3O3/c1-18-13-19(2)25(23(14-18)22-10-12-30-16-22)31-17-24(29)28(4)27-15-21-7-5-20(6-8-21)9-11-26-3/h5-8,11,13-15,22H,9-10,12,16-17H2,1-4H3. The van der Waals surface area contributed by atoms with Crippen LogP contribution in [0, 0.1) is 13.8 Å². The number of likely N-dealkylation sites (N-methyl/N-ethyl adjacent to an activating group) is 1. The van der Waals surface area contributed by atoms with Gasteiger partial charge in [-0.15, -0.1) is 0 Å². The molecule has 0 saturated carbocycles. The van der Waals surface area contributed by atoms with E-state index in [1.54, 1.807) is 20.3 Å². The van der Waals surface area contributed by atoms with Crippen molar-refractivity contribution >= 4 is 18.3 Å². The minimum Gasteiger partial charge on any atom is -0.483 e. The van der Waals surface area contributed by atoms with Crippen molar-refractivity contribution in [3.05, 3.63) is 64.2 Å². The summed E-state index contributed by atoms with van der Waals surface area (Å²) in [6, 6.07) is 12.2. The van der Waals surface area contributed by atoms with Gasteiger partial charge in [-0.25, -0.2) is 5.01 Å². The highest BCUT2D eigenvalue weighted by atomic mass is 16.5. The Labute approximate surface area is 184 Å². The van der Waals surface area contributed by atoms with Crippen molar-refractivity contribution in [3.8, 4) is 5.75 Å². The highest BCUT2D eigenvalue weighted by molar-refractivity contribution is 5.83. The summed E-state index contributed by atoms with van der Waals surface area (Å²) < 4.78 is 11.5. The number of hydrogen-bond donors (Lipinski definition) is 0. The van der Waals surface area contributed by atoms with E-state index in [0.717, 1.165) is 41.9 Å². The maximum absolute atomic E-state index is 12.6. The first-order valence-corrected chi connectivity index (χ1v) is 10.6. The zero-order valence-electron chi connectivity index (χ0n) is 18.8. The number of rotatable bonds is 8. The second kappa shape index (κ2) is 10.9. The molecule has 0 spiro atoms. The molecule has 164 valence electrons. The molecule has 1 saturated heterocycles. The van der Waals surface area contributed by atoms with Crippen LogP contribution in [-0.4, -0.2) is 57.3 Å². The largest absolute Gasteiger partial charge is 0.483 e. The Kier molecular flexibility index (Phi) is 7.95. The van der Waals surface area contributed by atoms with Crippen LogP contribution in [0.15, 0.2) is 46.5 Å². The predicted octanol–water partition coefficient (Wildman–Crippen LogP) is 3.92. The van der Waals surface area contributed by atoms with E-state index in [1.807, 2.05) is 37.4 Å². The average molecular weight is 422 g/mol. The number of benzene rings is 2. The lowest BCUT2D eigenvalue weighted by Gasteiger charge is -2.19. The third kappa shape index (κ3) is 6.25. The first-order chi connectivity index (χ1) is 15.0. The van der Waals surface area contributed by atoms with Crippen LogP contribution in [0.1, 0.15) is 40.2 Å². The SMILES string of the molecule is CN=CCc1ccc(C=NN(C)C(=O)COc2c(C)cc(C)cc2C2CCOC2)cc1. The summed E-state index contributed by atoms with van der Waals surface area (Å²) in [4.78, 5) is 16.6. The van der Waals surface area contributed by atoms with Gasteiger partial charge in [0.15, 0.2) is 6.61 Å². The van der Waals surface area contributed by atoms with Gasteiger partial charge in [-0.3, -0.25) is 4.79 Å². The van der Waals surface area contributed by atoms with Crippen molar-refractivity contribution in [2.75, 3.05) is 33.9 Å². The van der Waals surface area contributed by atoms with Crippen LogP contribution in [0.3, 0.4) is 0 Å². The second-order valence-electron chi connectivity index (χ2n) is 7.90. The van der Waals surface area contributed by atoms with Crippen LogP contribution in [0.2, 0.25) is 0 Å². The lowest BCUT2D eigenvalue weighted by Crippen LogP contribution is -2.27. The number of aryl methyl sites for hydroxylation is 2. The molecule has 1 heterocycles. The molecule has 6 nitrogen and oxygen atoms in total.